The fourth-order valence-electron chi connectivity index (χ4n) is 4.29. The smallest absolute Gasteiger partial charge is 0.268 e. The lowest BCUT2D eigenvalue weighted by atomic mass is 10.0. The number of ether oxygens (including phenoxy) is 1. The predicted octanol–water partition coefficient (Wildman–Crippen LogP) is 3.97. The number of carbonyl (C=O) groups is 2. The minimum atomic E-state index is -0.300. The molecule has 2 amide bonds. The molecule has 1 unspecified atom stereocenters. The van der Waals surface area contributed by atoms with Crippen molar-refractivity contribution in [1.29, 1.82) is 0 Å². The molecular formula is C26H26N4O4. The second-order valence-corrected chi connectivity index (χ2v) is 8.20. The summed E-state index contributed by atoms with van der Waals surface area (Å²) in [5, 5.41) is 5.98. The van der Waals surface area contributed by atoms with E-state index in [4.69, 9.17) is 9.15 Å². The van der Waals surface area contributed by atoms with E-state index in [9.17, 15) is 9.59 Å². The zero-order valence-corrected chi connectivity index (χ0v) is 18.9. The Hall–Kier alpha value is -3.91. The number of oxazole rings is 1. The van der Waals surface area contributed by atoms with Crippen molar-refractivity contribution in [2.45, 2.75) is 39.1 Å². The monoisotopic (exact) mass is 458 g/mol. The Bertz CT molecular complexity index is 1290. The first-order valence-corrected chi connectivity index (χ1v) is 11.4. The van der Waals surface area contributed by atoms with Gasteiger partial charge in [0.05, 0.1) is 37.1 Å². The first-order valence-electron chi connectivity index (χ1n) is 11.4. The van der Waals surface area contributed by atoms with Gasteiger partial charge in [0.1, 0.15) is 11.2 Å². The first kappa shape index (κ1) is 21.9. The zero-order valence-electron chi connectivity index (χ0n) is 18.9. The van der Waals surface area contributed by atoms with Gasteiger partial charge in [0.2, 0.25) is 5.89 Å². The lowest BCUT2D eigenvalue weighted by molar-refractivity contribution is 0.0775. The Balaban J connectivity index is 1.35. The molecular weight excluding hydrogens is 432 g/mol. The fraction of sp³-hybridized carbons (Fsp3) is 0.269. The van der Waals surface area contributed by atoms with Gasteiger partial charge in [0.15, 0.2) is 5.58 Å². The second kappa shape index (κ2) is 9.52. The molecule has 1 aliphatic heterocycles. The summed E-state index contributed by atoms with van der Waals surface area (Å²) in [6, 6.07) is 18.9. The van der Waals surface area contributed by atoms with Crippen LogP contribution in [0.4, 0.5) is 0 Å². The van der Waals surface area contributed by atoms with E-state index < -0.39 is 0 Å². The number of hydrogen-bond acceptors (Lipinski definition) is 5. The number of hydrogen-bond donors (Lipinski definition) is 2. The van der Waals surface area contributed by atoms with E-state index in [1.54, 1.807) is 6.07 Å². The van der Waals surface area contributed by atoms with Crippen molar-refractivity contribution in [3.63, 3.8) is 0 Å². The van der Waals surface area contributed by atoms with Crippen LogP contribution in [0.3, 0.4) is 0 Å². The van der Waals surface area contributed by atoms with Crippen molar-refractivity contribution < 1.29 is 18.7 Å². The van der Waals surface area contributed by atoms with E-state index in [1.807, 2.05) is 66.1 Å². The van der Waals surface area contributed by atoms with E-state index in [2.05, 4.69) is 15.6 Å². The topological polar surface area (TPSA) is 98.4 Å². The number of nitrogens with one attached hydrogen (secondary N) is 2. The molecule has 174 valence electrons. The Labute approximate surface area is 196 Å². The van der Waals surface area contributed by atoms with Gasteiger partial charge in [-0.15, -0.1) is 0 Å². The van der Waals surface area contributed by atoms with Crippen molar-refractivity contribution >= 4 is 22.9 Å². The number of fused-ring (bicyclic) bond motifs is 2. The molecule has 3 heterocycles. The molecule has 0 bridgehead atoms. The molecule has 2 N–H and O–H groups in total. The number of nitrogens with zero attached hydrogens (tertiary/aromatic N) is 2. The third-order valence-electron chi connectivity index (χ3n) is 6.04. The van der Waals surface area contributed by atoms with Gasteiger partial charge in [-0.3, -0.25) is 9.59 Å². The van der Waals surface area contributed by atoms with Gasteiger partial charge in [-0.25, -0.2) is 4.98 Å². The molecule has 1 atom stereocenters. The maximum Gasteiger partial charge on any atom is 0.268 e. The lowest BCUT2D eigenvalue weighted by Crippen LogP contribution is -2.31. The van der Waals surface area contributed by atoms with E-state index in [-0.39, 0.29) is 31.0 Å². The van der Waals surface area contributed by atoms with Gasteiger partial charge < -0.3 is 24.4 Å². The van der Waals surface area contributed by atoms with Gasteiger partial charge in [-0.1, -0.05) is 49.4 Å². The minimum Gasteiger partial charge on any atom is -0.439 e. The summed E-state index contributed by atoms with van der Waals surface area (Å²) < 4.78 is 13.2. The first-order chi connectivity index (χ1) is 16.6. The Morgan fingerprint density at radius 2 is 1.88 bits per heavy atom. The summed E-state index contributed by atoms with van der Waals surface area (Å²) in [4.78, 5) is 30.7. The summed E-state index contributed by atoms with van der Waals surface area (Å²) in [5.74, 6) is -0.0898. The summed E-state index contributed by atoms with van der Waals surface area (Å²) >= 11 is 0. The second-order valence-electron chi connectivity index (χ2n) is 8.20. The van der Waals surface area contributed by atoms with Crippen LogP contribution in [0, 0.1) is 0 Å². The molecule has 34 heavy (non-hydrogen) atoms. The van der Waals surface area contributed by atoms with Gasteiger partial charge >= 0.3 is 0 Å². The van der Waals surface area contributed by atoms with Crippen LogP contribution in [0.2, 0.25) is 0 Å². The molecule has 0 spiro atoms. The van der Waals surface area contributed by atoms with Gasteiger partial charge in [-0.05, 0) is 30.2 Å². The summed E-state index contributed by atoms with van der Waals surface area (Å²) in [7, 11) is 0. The zero-order chi connectivity index (χ0) is 23.5. The van der Waals surface area contributed by atoms with E-state index in [1.165, 1.54) is 0 Å². The van der Waals surface area contributed by atoms with Crippen molar-refractivity contribution in [2.24, 2.45) is 0 Å². The molecule has 8 heteroatoms. The van der Waals surface area contributed by atoms with Crippen molar-refractivity contribution in [3.8, 4) is 0 Å². The third kappa shape index (κ3) is 4.32. The molecule has 8 nitrogen and oxygen atoms in total. The third-order valence-corrected chi connectivity index (χ3v) is 6.04. The quantitative estimate of drug-likeness (QED) is 0.437. The highest BCUT2D eigenvalue weighted by Gasteiger charge is 2.27. The highest BCUT2D eigenvalue weighted by molar-refractivity contribution is 6.00. The minimum absolute atomic E-state index is 0.115. The van der Waals surface area contributed by atoms with Crippen molar-refractivity contribution in [2.75, 3.05) is 6.61 Å². The van der Waals surface area contributed by atoms with Crippen LogP contribution < -0.4 is 10.6 Å². The molecule has 5 rings (SSSR count). The van der Waals surface area contributed by atoms with Gasteiger partial charge in [0, 0.05) is 6.54 Å². The number of amides is 2. The number of benzene rings is 2. The van der Waals surface area contributed by atoms with Crippen LogP contribution in [-0.4, -0.2) is 28.0 Å². The van der Waals surface area contributed by atoms with Crippen LogP contribution in [0.1, 0.15) is 57.4 Å². The van der Waals surface area contributed by atoms with Crippen LogP contribution >= 0.6 is 0 Å². The number of rotatable bonds is 7. The van der Waals surface area contributed by atoms with Crippen LogP contribution in [-0.2, 0) is 24.4 Å². The largest absolute Gasteiger partial charge is 0.439 e. The van der Waals surface area contributed by atoms with Crippen LogP contribution in [0.5, 0.6) is 0 Å². The highest BCUT2D eigenvalue weighted by atomic mass is 16.5. The Morgan fingerprint density at radius 1 is 1.09 bits per heavy atom. The normalized spacial score (nSPS) is 13.9. The standard InChI is InChI=1S/C26H26N4O4/c1-2-19(17-8-4-3-5-9-17)29-26(32)21-14-18(22-16-33-13-12-30(21)22)25(31)27-15-24-28-20-10-6-7-11-23(20)34-24/h3-11,14,19H,2,12-13,15-16H2,1H3,(H,27,31)(H,29,32). The molecule has 2 aromatic carbocycles. The van der Waals surface area contributed by atoms with Crippen molar-refractivity contribution in [1.82, 2.24) is 20.2 Å². The van der Waals surface area contributed by atoms with E-state index in [0.717, 1.165) is 17.5 Å². The molecule has 0 radical (unpaired) electrons. The van der Waals surface area contributed by atoms with Crippen molar-refractivity contribution in [3.05, 3.63) is 89.1 Å². The maximum atomic E-state index is 13.2. The van der Waals surface area contributed by atoms with Crippen LogP contribution in [0.25, 0.3) is 11.1 Å². The lowest BCUT2D eigenvalue weighted by Gasteiger charge is -2.21. The highest BCUT2D eigenvalue weighted by Crippen LogP contribution is 2.23. The summed E-state index contributed by atoms with van der Waals surface area (Å²) in [6.07, 6.45) is 0.754. The van der Waals surface area contributed by atoms with Crippen LogP contribution in [0.15, 0.2) is 65.1 Å². The van der Waals surface area contributed by atoms with Gasteiger partial charge in [0.25, 0.3) is 11.8 Å². The SMILES string of the molecule is CCC(NC(=O)c1cc(C(=O)NCc2nc3ccccc3o2)c2n1CCOC2)c1ccccc1. The molecule has 1 aliphatic rings. The molecule has 0 aliphatic carbocycles. The number of carbonyl (C=O) groups excluding carboxylic acids is 2. The molecule has 0 saturated heterocycles. The average Bonchev–Trinajstić information content (AvgIpc) is 3.48. The maximum absolute atomic E-state index is 13.2. The Kier molecular flexibility index (Phi) is 6.14. The average molecular weight is 459 g/mol. The fourth-order valence-corrected chi connectivity index (χ4v) is 4.29. The predicted molar refractivity (Wildman–Crippen MR) is 126 cm³/mol. The molecule has 0 saturated carbocycles. The number of para-hydroxylation sites is 2. The summed E-state index contributed by atoms with van der Waals surface area (Å²) in [5.41, 5.74) is 4.03. The van der Waals surface area contributed by atoms with E-state index >= 15 is 0 Å². The van der Waals surface area contributed by atoms with Gasteiger partial charge in [-0.2, -0.15) is 0 Å². The van der Waals surface area contributed by atoms with E-state index in [0.29, 0.717) is 41.6 Å². The molecule has 4 aromatic rings. The number of aromatic nitrogens is 2. The molecule has 0 fully saturated rings. The summed E-state index contributed by atoms with van der Waals surface area (Å²) in [6.45, 7) is 3.45. The molecule has 2 aromatic heterocycles. The Morgan fingerprint density at radius 3 is 2.68 bits per heavy atom.